The van der Waals surface area contributed by atoms with E-state index in [-0.39, 0.29) is 5.75 Å². The van der Waals surface area contributed by atoms with Gasteiger partial charge in [0.2, 0.25) is 0 Å². The summed E-state index contributed by atoms with van der Waals surface area (Å²) in [4.78, 5) is 4.69. The summed E-state index contributed by atoms with van der Waals surface area (Å²) in [6, 6.07) is 13.6. The van der Waals surface area contributed by atoms with Crippen LogP contribution < -0.4 is 0 Å². The predicted molar refractivity (Wildman–Crippen MR) is 90.0 cm³/mol. The van der Waals surface area contributed by atoms with Crippen molar-refractivity contribution in [2.45, 2.75) is 39.5 Å². The predicted octanol–water partition coefficient (Wildman–Crippen LogP) is 5.39. The lowest BCUT2D eigenvalue weighted by atomic mass is 9.93. The maximum Gasteiger partial charge on any atom is 0.124 e. The summed E-state index contributed by atoms with van der Waals surface area (Å²) in [5.41, 5.74) is 4.26. The van der Waals surface area contributed by atoms with Crippen LogP contribution in [0.5, 0.6) is 5.75 Å². The highest BCUT2D eigenvalue weighted by Crippen LogP contribution is 2.34. The van der Waals surface area contributed by atoms with Crippen molar-refractivity contribution in [3.05, 3.63) is 59.2 Å². The van der Waals surface area contributed by atoms with Gasteiger partial charge in [0.15, 0.2) is 0 Å². The monoisotopic (exact) mass is 281 g/mol. The van der Waals surface area contributed by atoms with E-state index in [1.54, 1.807) is 12.3 Å². The van der Waals surface area contributed by atoms with E-state index < -0.39 is 0 Å². The first kappa shape index (κ1) is 15.3. The molecule has 0 atom stereocenters. The highest BCUT2D eigenvalue weighted by Gasteiger charge is 2.12. The number of benzene rings is 2. The molecule has 2 aromatic carbocycles. The Hall–Kier alpha value is -2.09. The first-order valence-corrected chi connectivity index (χ1v) is 7.45. The average molecular weight is 281 g/mol. The number of hydrogen-bond donors (Lipinski definition) is 1. The number of phenols is 1. The number of phenolic OH excluding ortho intramolecular Hbond substituents is 1. The summed E-state index contributed by atoms with van der Waals surface area (Å²) < 4.78 is 0. The van der Waals surface area contributed by atoms with Gasteiger partial charge < -0.3 is 5.11 Å². The maximum absolute atomic E-state index is 9.85. The molecular formula is C19H23NO. The van der Waals surface area contributed by atoms with Crippen molar-refractivity contribution in [3.8, 4) is 5.75 Å². The first-order chi connectivity index (χ1) is 10.0. The fourth-order valence-corrected chi connectivity index (χ4v) is 2.39. The molecule has 0 aromatic heterocycles. The number of para-hydroxylation sites is 2. The van der Waals surface area contributed by atoms with Gasteiger partial charge in [0.25, 0.3) is 0 Å². The number of hydrogen-bond acceptors (Lipinski definition) is 2. The van der Waals surface area contributed by atoms with Crippen molar-refractivity contribution in [3.63, 3.8) is 0 Å². The molecule has 2 heteroatoms. The fraction of sp³-hybridized carbons (Fsp3) is 0.316. The molecule has 0 amide bonds. The third-order valence-electron chi connectivity index (χ3n) is 3.61. The summed E-state index contributed by atoms with van der Waals surface area (Å²) >= 11 is 0. The van der Waals surface area contributed by atoms with Gasteiger partial charge in [-0.25, -0.2) is 0 Å². The van der Waals surface area contributed by atoms with Crippen LogP contribution in [-0.4, -0.2) is 11.3 Å². The summed E-state index contributed by atoms with van der Waals surface area (Å²) in [5.74, 6) is 1.09. The number of rotatable bonds is 4. The number of nitrogens with zero attached hydrogens (tertiary/aromatic N) is 1. The Balaban J connectivity index is 2.49. The second kappa shape index (κ2) is 6.57. The van der Waals surface area contributed by atoms with Crippen LogP contribution >= 0.6 is 0 Å². The smallest absolute Gasteiger partial charge is 0.124 e. The van der Waals surface area contributed by atoms with E-state index in [0.717, 1.165) is 11.3 Å². The van der Waals surface area contributed by atoms with Crippen molar-refractivity contribution in [2.75, 3.05) is 0 Å². The highest BCUT2D eigenvalue weighted by molar-refractivity contribution is 5.86. The van der Waals surface area contributed by atoms with E-state index in [2.05, 4.69) is 45.9 Å². The number of aromatic hydroxyl groups is 1. The summed E-state index contributed by atoms with van der Waals surface area (Å²) in [6.45, 7) is 8.72. The van der Waals surface area contributed by atoms with Crippen molar-refractivity contribution in [1.82, 2.24) is 0 Å². The van der Waals surface area contributed by atoms with Crippen LogP contribution in [0.15, 0.2) is 47.5 Å². The van der Waals surface area contributed by atoms with E-state index in [9.17, 15) is 5.11 Å². The minimum atomic E-state index is 0.259. The van der Waals surface area contributed by atoms with Crippen LogP contribution in [0.2, 0.25) is 0 Å². The van der Waals surface area contributed by atoms with E-state index in [4.69, 9.17) is 4.99 Å². The Bertz CT molecular complexity index is 616. The zero-order valence-corrected chi connectivity index (χ0v) is 13.2. The normalized spacial score (nSPS) is 11.7. The summed E-state index contributed by atoms with van der Waals surface area (Å²) in [6.07, 6.45) is 1.75. The molecule has 1 N–H and O–H groups in total. The van der Waals surface area contributed by atoms with Crippen molar-refractivity contribution >= 4 is 11.9 Å². The van der Waals surface area contributed by atoms with Crippen LogP contribution in [0.1, 0.15) is 56.2 Å². The van der Waals surface area contributed by atoms with E-state index in [0.29, 0.717) is 11.8 Å². The van der Waals surface area contributed by atoms with E-state index >= 15 is 0 Å². The average Bonchev–Trinajstić information content (AvgIpc) is 2.45. The lowest BCUT2D eigenvalue weighted by Crippen LogP contribution is -1.95. The number of aliphatic imine (C=N–C) groups is 1. The molecule has 0 spiro atoms. The van der Waals surface area contributed by atoms with Crippen LogP contribution in [0, 0.1) is 0 Å². The van der Waals surface area contributed by atoms with Crippen molar-refractivity contribution in [2.24, 2.45) is 4.99 Å². The minimum Gasteiger partial charge on any atom is -0.507 e. The van der Waals surface area contributed by atoms with Gasteiger partial charge in [-0.2, -0.15) is 0 Å². The van der Waals surface area contributed by atoms with Gasteiger partial charge in [0, 0.05) is 11.8 Å². The van der Waals surface area contributed by atoms with Crippen LogP contribution in [0.4, 0.5) is 5.69 Å². The van der Waals surface area contributed by atoms with Crippen LogP contribution in [0.25, 0.3) is 0 Å². The second-order valence-electron chi connectivity index (χ2n) is 5.91. The Morgan fingerprint density at radius 3 is 1.95 bits per heavy atom. The topological polar surface area (TPSA) is 32.6 Å². The summed E-state index contributed by atoms with van der Waals surface area (Å²) in [5, 5.41) is 9.85. The molecule has 0 aliphatic carbocycles. The molecule has 2 nitrogen and oxygen atoms in total. The van der Waals surface area contributed by atoms with Gasteiger partial charge in [0.1, 0.15) is 5.75 Å². The third-order valence-corrected chi connectivity index (χ3v) is 3.61. The molecule has 0 saturated heterocycles. The molecule has 21 heavy (non-hydrogen) atoms. The standard InChI is InChI=1S/C19H23NO/c1-13(2)16-9-7-10-17(14(3)4)19(16)20-12-15-8-5-6-11-18(15)21/h5-14,21H,1-4H3/b20-12+. The molecule has 0 aliphatic rings. The lowest BCUT2D eigenvalue weighted by Gasteiger charge is -2.16. The molecule has 110 valence electrons. The van der Waals surface area contributed by atoms with Gasteiger partial charge >= 0.3 is 0 Å². The van der Waals surface area contributed by atoms with Gasteiger partial charge in [-0.1, -0.05) is 58.0 Å². The molecule has 2 rings (SSSR count). The SMILES string of the molecule is CC(C)c1cccc(C(C)C)c1/N=C/c1ccccc1O. The molecule has 0 saturated carbocycles. The molecule has 0 heterocycles. The molecule has 0 aliphatic heterocycles. The Morgan fingerprint density at radius 1 is 0.857 bits per heavy atom. The molecule has 0 fully saturated rings. The Labute approximate surface area is 127 Å². The highest BCUT2D eigenvalue weighted by atomic mass is 16.3. The van der Waals surface area contributed by atoms with Crippen LogP contribution in [0.3, 0.4) is 0 Å². The molecule has 0 radical (unpaired) electrons. The van der Waals surface area contributed by atoms with Gasteiger partial charge in [-0.3, -0.25) is 4.99 Å². The van der Waals surface area contributed by atoms with Crippen molar-refractivity contribution < 1.29 is 5.11 Å². The summed E-state index contributed by atoms with van der Waals surface area (Å²) in [7, 11) is 0. The molecular weight excluding hydrogens is 258 g/mol. The molecule has 2 aromatic rings. The molecule has 0 unspecified atom stereocenters. The van der Waals surface area contributed by atoms with E-state index in [1.807, 2.05) is 18.2 Å². The fourth-order valence-electron chi connectivity index (χ4n) is 2.39. The first-order valence-electron chi connectivity index (χ1n) is 7.45. The zero-order chi connectivity index (χ0) is 15.4. The van der Waals surface area contributed by atoms with E-state index in [1.165, 1.54) is 11.1 Å². The van der Waals surface area contributed by atoms with Gasteiger partial charge in [-0.05, 0) is 35.1 Å². The molecule has 0 bridgehead atoms. The van der Waals surface area contributed by atoms with Gasteiger partial charge in [-0.15, -0.1) is 0 Å². The van der Waals surface area contributed by atoms with Gasteiger partial charge in [0.05, 0.1) is 5.69 Å². The largest absolute Gasteiger partial charge is 0.507 e. The quantitative estimate of drug-likeness (QED) is 0.749. The maximum atomic E-state index is 9.85. The zero-order valence-electron chi connectivity index (χ0n) is 13.2. The Morgan fingerprint density at radius 2 is 1.43 bits per heavy atom. The third kappa shape index (κ3) is 3.52. The van der Waals surface area contributed by atoms with Crippen LogP contribution in [-0.2, 0) is 0 Å². The Kier molecular flexibility index (Phi) is 4.79. The lowest BCUT2D eigenvalue weighted by molar-refractivity contribution is 0.474. The minimum absolute atomic E-state index is 0.259. The second-order valence-corrected chi connectivity index (χ2v) is 5.91. The van der Waals surface area contributed by atoms with Crippen molar-refractivity contribution in [1.29, 1.82) is 0 Å².